The number of nitrogens with zero attached hydrogens (tertiary/aromatic N) is 4. The quantitative estimate of drug-likeness (QED) is 0.561. The summed E-state index contributed by atoms with van der Waals surface area (Å²) in [6.07, 6.45) is 2.90. The molecule has 0 unspecified atom stereocenters. The minimum Gasteiger partial charge on any atom is -0.395 e. The van der Waals surface area contributed by atoms with Crippen LogP contribution in [0.3, 0.4) is 0 Å². The first-order valence-electron chi connectivity index (χ1n) is 11.0. The van der Waals surface area contributed by atoms with Gasteiger partial charge in [0.25, 0.3) is 0 Å². The molecule has 194 valence electrons. The van der Waals surface area contributed by atoms with Crippen LogP contribution < -0.4 is 4.90 Å². The molecule has 0 atom stereocenters. The van der Waals surface area contributed by atoms with E-state index >= 15 is 0 Å². The molecular weight excluding hydrogens is 545 g/mol. The van der Waals surface area contributed by atoms with Crippen molar-refractivity contribution in [1.29, 1.82) is 0 Å². The summed E-state index contributed by atoms with van der Waals surface area (Å²) in [6, 6.07) is 1.83. The summed E-state index contributed by atoms with van der Waals surface area (Å²) < 4.78 is 53.4. The van der Waals surface area contributed by atoms with Gasteiger partial charge in [-0.15, -0.1) is 24.8 Å². The zero-order valence-corrected chi connectivity index (χ0v) is 22.0. The van der Waals surface area contributed by atoms with E-state index < -0.39 is 21.5 Å². The average molecular weight is 572 g/mol. The standard InChI is InChI=1S/C22H25ClF2N4O3S.2ClH/c23-16-10-17(24)14(9-18(16)25)20-26-19-12-33(31,32)11-15(19)21(27-20)29-5-2-22(3-6-29)1-4-28(13-22)7-8-30;;/h9-10,30H,1-8,11-13H2;2*1H. The fourth-order valence-corrected chi connectivity index (χ4v) is 6.94. The van der Waals surface area contributed by atoms with Crippen LogP contribution in [0.5, 0.6) is 0 Å². The van der Waals surface area contributed by atoms with Crippen molar-refractivity contribution in [2.45, 2.75) is 30.8 Å². The van der Waals surface area contributed by atoms with Crippen molar-refractivity contribution in [3.8, 4) is 11.4 Å². The summed E-state index contributed by atoms with van der Waals surface area (Å²) >= 11 is 5.69. The van der Waals surface area contributed by atoms with Crippen molar-refractivity contribution in [1.82, 2.24) is 14.9 Å². The van der Waals surface area contributed by atoms with Gasteiger partial charge in [-0.05, 0) is 43.4 Å². The number of fused-ring (bicyclic) bond motifs is 1. The molecule has 2 fully saturated rings. The highest BCUT2D eigenvalue weighted by molar-refractivity contribution is 7.90. The maximum atomic E-state index is 14.6. The van der Waals surface area contributed by atoms with Crippen molar-refractivity contribution in [3.63, 3.8) is 0 Å². The van der Waals surface area contributed by atoms with Gasteiger partial charge < -0.3 is 14.9 Å². The SMILES string of the molecule is Cl.Cl.O=S1(=O)Cc2nc(-c3cc(F)c(Cl)cc3F)nc(N3CCC4(CCN(CCO)C4)CC3)c2C1. The number of β-amino-alcohol motifs (C(OH)–C–C–N with tert-alkyl or cyclic N) is 1. The molecular formula is C22H27Cl3F2N4O3S. The maximum absolute atomic E-state index is 14.6. The molecule has 3 aliphatic heterocycles. The van der Waals surface area contributed by atoms with Gasteiger partial charge in [-0.1, -0.05) is 11.6 Å². The number of sulfone groups is 1. The molecule has 0 amide bonds. The molecule has 2 aromatic rings. The third kappa shape index (κ3) is 5.52. The van der Waals surface area contributed by atoms with Crippen molar-refractivity contribution in [2.75, 3.05) is 44.2 Å². The number of piperidine rings is 1. The molecule has 5 rings (SSSR count). The fourth-order valence-electron chi connectivity index (χ4n) is 5.30. The minimum atomic E-state index is -3.37. The lowest BCUT2D eigenvalue weighted by molar-refractivity contribution is 0.181. The normalized spacial score (nSPS) is 20.4. The van der Waals surface area contributed by atoms with Gasteiger partial charge in [0.1, 0.15) is 17.5 Å². The molecule has 7 nitrogen and oxygen atoms in total. The molecule has 0 bridgehead atoms. The van der Waals surface area contributed by atoms with Gasteiger partial charge >= 0.3 is 0 Å². The third-order valence-corrected chi connectivity index (χ3v) is 8.83. The van der Waals surface area contributed by atoms with Crippen LogP contribution in [0.4, 0.5) is 14.6 Å². The Morgan fingerprint density at radius 3 is 2.40 bits per heavy atom. The second-order valence-electron chi connectivity index (χ2n) is 9.31. The van der Waals surface area contributed by atoms with Crippen molar-refractivity contribution in [3.05, 3.63) is 40.0 Å². The predicted molar refractivity (Wildman–Crippen MR) is 135 cm³/mol. The number of aliphatic hydroxyl groups excluding tert-OH is 1. The number of likely N-dealkylation sites (tertiary alicyclic amines) is 1. The van der Waals surface area contributed by atoms with Crippen molar-refractivity contribution >= 4 is 52.1 Å². The Morgan fingerprint density at radius 1 is 1.03 bits per heavy atom. The lowest BCUT2D eigenvalue weighted by atomic mass is 9.77. The molecule has 1 aromatic carbocycles. The van der Waals surface area contributed by atoms with Crippen LogP contribution in [0.25, 0.3) is 11.4 Å². The monoisotopic (exact) mass is 570 g/mol. The molecule has 0 saturated carbocycles. The molecule has 3 aliphatic rings. The zero-order valence-electron chi connectivity index (χ0n) is 18.8. The lowest BCUT2D eigenvalue weighted by Crippen LogP contribution is -2.42. The molecule has 4 heterocycles. The van der Waals surface area contributed by atoms with Crippen LogP contribution in [0.1, 0.15) is 30.5 Å². The molecule has 2 saturated heterocycles. The first-order valence-corrected chi connectivity index (χ1v) is 13.2. The minimum absolute atomic E-state index is 0. The van der Waals surface area contributed by atoms with Gasteiger partial charge in [-0.2, -0.15) is 0 Å². The number of aliphatic hydroxyl groups is 1. The van der Waals surface area contributed by atoms with E-state index in [1.54, 1.807) is 0 Å². The Labute approximate surface area is 220 Å². The first kappa shape index (κ1) is 28.3. The Balaban J connectivity index is 0.00000171. The lowest BCUT2D eigenvalue weighted by Gasteiger charge is -2.40. The topological polar surface area (TPSA) is 86.6 Å². The third-order valence-electron chi connectivity index (χ3n) is 7.10. The van der Waals surface area contributed by atoms with Crippen LogP contribution in [0, 0.1) is 17.0 Å². The Bertz CT molecular complexity index is 1210. The van der Waals surface area contributed by atoms with E-state index in [1.807, 2.05) is 0 Å². The van der Waals surface area contributed by atoms with E-state index in [1.165, 1.54) is 0 Å². The van der Waals surface area contributed by atoms with Gasteiger partial charge in [-0.3, -0.25) is 0 Å². The molecule has 1 spiro atoms. The molecule has 1 aromatic heterocycles. The number of aromatic nitrogens is 2. The fraction of sp³-hybridized carbons (Fsp3) is 0.545. The first-order chi connectivity index (χ1) is 15.7. The van der Waals surface area contributed by atoms with Gasteiger partial charge in [0, 0.05) is 31.7 Å². The van der Waals surface area contributed by atoms with E-state index in [9.17, 15) is 22.3 Å². The van der Waals surface area contributed by atoms with Gasteiger partial charge in [-0.25, -0.2) is 27.2 Å². The molecule has 1 N–H and O–H groups in total. The summed E-state index contributed by atoms with van der Waals surface area (Å²) in [7, 11) is -3.37. The van der Waals surface area contributed by atoms with Gasteiger partial charge in [0.05, 0.1) is 34.4 Å². The Morgan fingerprint density at radius 2 is 1.71 bits per heavy atom. The van der Waals surface area contributed by atoms with Gasteiger partial charge in [0.2, 0.25) is 0 Å². The number of hydrogen-bond acceptors (Lipinski definition) is 7. The average Bonchev–Trinajstić information content (AvgIpc) is 3.29. The smallest absolute Gasteiger partial charge is 0.164 e. The van der Waals surface area contributed by atoms with E-state index in [4.69, 9.17) is 11.6 Å². The predicted octanol–water partition coefficient (Wildman–Crippen LogP) is 3.63. The highest BCUT2D eigenvalue weighted by Gasteiger charge is 2.42. The van der Waals surface area contributed by atoms with Crippen molar-refractivity contribution in [2.24, 2.45) is 5.41 Å². The number of benzene rings is 1. The largest absolute Gasteiger partial charge is 0.395 e. The van der Waals surface area contributed by atoms with Gasteiger partial charge in [0.15, 0.2) is 15.7 Å². The number of hydrogen-bond donors (Lipinski definition) is 1. The Kier molecular flexibility index (Phi) is 8.56. The van der Waals surface area contributed by atoms with Crippen molar-refractivity contribution < 1.29 is 22.3 Å². The van der Waals surface area contributed by atoms with Crippen LogP contribution in [0.15, 0.2) is 12.1 Å². The van der Waals surface area contributed by atoms with E-state index in [0.29, 0.717) is 36.7 Å². The second kappa shape index (κ2) is 10.6. The molecule has 13 heteroatoms. The summed E-state index contributed by atoms with van der Waals surface area (Å²) in [4.78, 5) is 13.2. The number of halogens is 5. The number of anilines is 1. The van der Waals surface area contributed by atoms with E-state index in [2.05, 4.69) is 19.8 Å². The van der Waals surface area contributed by atoms with Crippen LogP contribution >= 0.6 is 36.4 Å². The highest BCUT2D eigenvalue weighted by Crippen LogP contribution is 2.43. The summed E-state index contributed by atoms with van der Waals surface area (Å²) in [6.45, 7) is 4.11. The maximum Gasteiger partial charge on any atom is 0.164 e. The highest BCUT2D eigenvalue weighted by atomic mass is 35.5. The zero-order chi connectivity index (χ0) is 23.4. The second-order valence-corrected chi connectivity index (χ2v) is 11.8. The molecule has 0 aliphatic carbocycles. The van der Waals surface area contributed by atoms with Crippen LogP contribution in [-0.4, -0.2) is 67.7 Å². The van der Waals surface area contributed by atoms with E-state index in [0.717, 1.165) is 44.5 Å². The Hall–Kier alpha value is -1.30. The summed E-state index contributed by atoms with van der Waals surface area (Å²) in [5.41, 5.74) is 0.939. The van der Waals surface area contributed by atoms with Crippen LogP contribution in [-0.2, 0) is 21.3 Å². The summed E-state index contributed by atoms with van der Waals surface area (Å²) in [5.74, 6) is -1.49. The van der Waals surface area contributed by atoms with Crippen LogP contribution in [0.2, 0.25) is 5.02 Å². The molecule has 0 radical (unpaired) electrons. The number of rotatable bonds is 4. The van der Waals surface area contributed by atoms with E-state index in [-0.39, 0.29) is 64.8 Å². The molecule has 35 heavy (non-hydrogen) atoms. The summed E-state index contributed by atoms with van der Waals surface area (Å²) in [5, 5.41) is 8.90.